The first-order valence-electron chi connectivity index (χ1n) is 6.68. The molecule has 1 heterocycles. The minimum Gasteiger partial charge on any atom is -0.465 e. The molecule has 1 saturated heterocycles. The van der Waals surface area contributed by atoms with Crippen LogP contribution in [0.4, 0.5) is 10.5 Å². The summed E-state index contributed by atoms with van der Waals surface area (Å²) < 4.78 is 4.71. The third-order valence-electron chi connectivity index (χ3n) is 2.93. The van der Waals surface area contributed by atoms with Gasteiger partial charge in [-0.05, 0) is 36.4 Å². The van der Waals surface area contributed by atoms with Crippen LogP contribution >= 0.6 is 23.4 Å². The fraction of sp³-hybridized carbons (Fsp3) is 0.214. The number of carbonyl (C=O) groups excluding carboxylic acids is 3. The topological polar surface area (TPSA) is 107 Å². The molecule has 1 aliphatic rings. The van der Waals surface area contributed by atoms with Gasteiger partial charge in [0, 0.05) is 6.07 Å². The predicted molar refractivity (Wildman–Crippen MR) is 87.4 cm³/mol. The van der Waals surface area contributed by atoms with E-state index in [0.717, 1.165) is 4.90 Å². The minimum atomic E-state index is -0.691. The maximum atomic E-state index is 12.2. The van der Waals surface area contributed by atoms with Gasteiger partial charge in [-0.15, -0.1) is 0 Å². The summed E-state index contributed by atoms with van der Waals surface area (Å²) in [6, 6.07) is 4.00. The molecule has 2 rings (SSSR count). The van der Waals surface area contributed by atoms with Crippen LogP contribution in [0.15, 0.2) is 23.1 Å². The van der Waals surface area contributed by atoms with Gasteiger partial charge in [-0.1, -0.05) is 17.7 Å². The summed E-state index contributed by atoms with van der Waals surface area (Å²) in [6.07, 6.45) is 1.33. The van der Waals surface area contributed by atoms with Gasteiger partial charge in [-0.25, -0.2) is 0 Å². The Morgan fingerprint density at radius 3 is 2.79 bits per heavy atom. The summed E-state index contributed by atoms with van der Waals surface area (Å²) in [5.41, 5.74) is 0.0314. The Kier molecular flexibility index (Phi) is 5.58. The van der Waals surface area contributed by atoms with Crippen molar-refractivity contribution in [2.24, 2.45) is 0 Å². The molecule has 0 N–H and O–H groups in total. The van der Waals surface area contributed by atoms with E-state index >= 15 is 0 Å². The molecular formula is C14H11ClN2O6S. The van der Waals surface area contributed by atoms with Crippen molar-refractivity contribution in [3.63, 3.8) is 0 Å². The van der Waals surface area contributed by atoms with E-state index in [-0.39, 0.29) is 22.2 Å². The summed E-state index contributed by atoms with van der Waals surface area (Å²) in [5.74, 6) is -1.35. The van der Waals surface area contributed by atoms with Gasteiger partial charge >= 0.3 is 5.97 Å². The zero-order chi connectivity index (χ0) is 17.9. The molecule has 1 aromatic rings. The van der Waals surface area contributed by atoms with Gasteiger partial charge < -0.3 is 4.74 Å². The average molecular weight is 371 g/mol. The SMILES string of the molecule is CCOC(=O)CN1C(=O)S/C(=C/c2ccc(Cl)c([N+](=O)[O-])c2)C1=O. The lowest BCUT2D eigenvalue weighted by molar-refractivity contribution is -0.384. The smallest absolute Gasteiger partial charge is 0.326 e. The van der Waals surface area contributed by atoms with Gasteiger partial charge in [0.15, 0.2) is 0 Å². The summed E-state index contributed by atoms with van der Waals surface area (Å²) in [5, 5.41) is 10.2. The van der Waals surface area contributed by atoms with Crippen LogP contribution in [0, 0.1) is 10.1 Å². The highest BCUT2D eigenvalue weighted by molar-refractivity contribution is 8.18. The zero-order valence-electron chi connectivity index (χ0n) is 12.4. The number of carbonyl (C=O) groups is 3. The lowest BCUT2D eigenvalue weighted by Gasteiger charge is -2.10. The number of ether oxygens (including phenoxy) is 1. The van der Waals surface area contributed by atoms with E-state index < -0.39 is 28.6 Å². The maximum absolute atomic E-state index is 12.2. The van der Waals surface area contributed by atoms with E-state index in [2.05, 4.69) is 0 Å². The van der Waals surface area contributed by atoms with Crippen molar-refractivity contribution in [3.05, 3.63) is 43.8 Å². The number of benzene rings is 1. The van der Waals surface area contributed by atoms with Crippen LogP contribution in [-0.2, 0) is 14.3 Å². The zero-order valence-corrected chi connectivity index (χ0v) is 13.9. The molecule has 0 saturated carbocycles. The fourth-order valence-electron chi connectivity index (χ4n) is 1.88. The number of nitro groups is 1. The van der Waals surface area contributed by atoms with Crippen LogP contribution in [-0.4, -0.2) is 40.1 Å². The average Bonchev–Trinajstić information content (AvgIpc) is 2.77. The number of imide groups is 1. The Morgan fingerprint density at radius 1 is 1.46 bits per heavy atom. The molecule has 1 fully saturated rings. The fourth-order valence-corrected chi connectivity index (χ4v) is 2.91. The lowest BCUT2D eigenvalue weighted by atomic mass is 10.2. The van der Waals surface area contributed by atoms with Crippen LogP contribution in [0.5, 0.6) is 0 Å². The second-order valence-electron chi connectivity index (χ2n) is 4.54. The number of hydrogen-bond donors (Lipinski definition) is 0. The van der Waals surface area contributed by atoms with E-state index in [1.54, 1.807) is 6.92 Å². The maximum Gasteiger partial charge on any atom is 0.326 e. The van der Waals surface area contributed by atoms with E-state index in [9.17, 15) is 24.5 Å². The molecule has 0 atom stereocenters. The van der Waals surface area contributed by atoms with Crippen molar-refractivity contribution in [2.75, 3.05) is 13.2 Å². The molecule has 8 nitrogen and oxygen atoms in total. The number of hydrogen-bond acceptors (Lipinski definition) is 7. The minimum absolute atomic E-state index is 0.0347. The van der Waals surface area contributed by atoms with E-state index in [0.29, 0.717) is 17.3 Å². The normalized spacial score (nSPS) is 15.9. The summed E-state index contributed by atoms with van der Waals surface area (Å²) >= 11 is 6.36. The van der Waals surface area contributed by atoms with Gasteiger partial charge in [-0.2, -0.15) is 0 Å². The molecule has 1 aliphatic heterocycles. The van der Waals surface area contributed by atoms with Crippen LogP contribution in [0.3, 0.4) is 0 Å². The van der Waals surface area contributed by atoms with Crippen molar-refractivity contribution in [3.8, 4) is 0 Å². The molecular weight excluding hydrogens is 360 g/mol. The van der Waals surface area contributed by atoms with E-state index in [1.165, 1.54) is 24.3 Å². The van der Waals surface area contributed by atoms with Crippen molar-refractivity contribution >= 4 is 52.2 Å². The van der Waals surface area contributed by atoms with Crippen molar-refractivity contribution in [1.29, 1.82) is 0 Å². The highest BCUT2D eigenvalue weighted by Crippen LogP contribution is 2.33. The number of nitro benzene ring substituents is 1. The van der Waals surface area contributed by atoms with E-state index in [1.807, 2.05) is 0 Å². The van der Waals surface area contributed by atoms with Gasteiger partial charge in [0.1, 0.15) is 11.6 Å². The van der Waals surface area contributed by atoms with Crippen LogP contribution in [0.25, 0.3) is 6.08 Å². The molecule has 0 radical (unpaired) electrons. The molecule has 10 heteroatoms. The Labute approximate surface area is 145 Å². The molecule has 1 aromatic carbocycles. The summed E-state index contributed by atoms with van der Waals surface area (Å²) in [7, 11) is 0. The molecule has 24 heavy (non-hydrogen) atoms. The highest BCUT2D eigenvalue weighted by Gasteiger charge is 2.36. The number of esters is 1. The highest BCUT2D eigenvalue weighted by atomic mass is 35.5. The molecule has 0 bridgehead atoms. The molecule has 0 spiro atoms. The summed E-state index contributed by atoms with van der Waals surface area (Å²) in [6.45, 7) is 1.27. The van der Waals surface area contributed by atoms with Gasteiger partial charge in [-0.3, -0.25) is 29.4 Å². The second kappa shape index (κ2) is 7.45. The van der Waals surface area contributed by atoms with Gasteiger partial charge in [0.25, 0.3) is 16.8 Å². The second-order valence-corrected chi connectivity index (χ2v) is 5.94. The molecule has 126 valence electrons. The van der Waals surface area contributed by atoms with Crippen molar-refractivity contribution in [1.82, 2.24) is 4.90 Å². The number of nitrogens with zero attached hydrogens (tertiary/aromatic N) is 2. The first kappa shape index (κ1) is 18.0. The van der Waals surface area contributed by atoms with Crippen LogP contribution in [0.1, 0.15) is 12.5 Å². The number of halogens is 1. The van der Waals surface area contributed by atoms with Gasteiger partial charge in [0.05, 0.1) is 16.4 Å². The molecule has 2 amide bonds. The molecule has 0 aromatic heterocycles. The monoisotopic (exact) mass is 370 g/mol. The van der Waals surface area contributed by atoms with Crippen molar-refractivity contribution in [2.45, 2.75) is 6.92 Å². The Hall–Kier alpha value is -2.39. The van der Waals surface area contributed by atoms with Gasteiger partial charge in [0.2, 0.25) is 0 Å². The standard InChI is InChI=1S/C14H11ClN2O6S/c1-2-23-12(18)7-16-13(19)11(24-14(16)20)6-8-3-4-9(15)10(5-8)17(21)22/h3-6H,2,7H2,1H3/b11-6+. The number of rotatable bonds is 5. The Bertz CT molecular complexity index is 764. The largest absolute Gasteiger partial charge is 0.465 e. The van der Waals surface area contributed by atoms with Crippen molar-refractivity contribution < 1.29 is 24.0 Å². The summed E-state index contributed by atoms with van der Waals surface area (Å²) in [4.78, 5) is 46.5. The number of amides is 2. The molecule has 0 unspecified atom stereocenters. The van der Waals surface area contributed by atoms with E-state index in [4.69, 9.17) is 16.3 Å². The first-order chi connectivity index (χ1) is 11.3. The third kappa shape index (κ3) is 3.92. The van der Waals surface area contributed by atoms with Crippen LogP contribution < -0.4 is 0 Å². The third-order valence-corrected chi connectivity index (χ3v) is 4.16. The Balaban J connectivity index is 2.24. The predicted octanol–water partition coefficient (Wildman–Crippen LogP) is 2.85. The quantitative estimate of drug-likeness (QED) is 0.339. The van der Waals surface area contributed by atoms with Crippen LogP contribution in [0.2, 0.25) is 5.02 Å². The lowest BCUT2D eigenvalue weighted by Crippen LogP contribution is -2.34. The first-order valence-corrected chi connectivity index (χ1v) is 7.88. The molecule has 0 aliphatic carbocycles. The number of thioether (sulfide) groups is 1. The Morgan fingerprint density at radius 2 is 2.17 bits per heavy atom.